The highest BCUT2D eigenvalue weighted by molar-refractivity contribution is 7.12. The molecule has 0 spiro atoms. The Kier molecular flexibility index (Phi) is 5.29. The van der Waals surface area contributed by atoms with E-state index in [2.05, 4.69) is 21.6 Å². The Hall–Kier alpha value is -2.88. The first kappa shape index (κ1) is 17.0. The molecule has 0 aliphatic rings. The molecule has 0 fully saturated rings. The average molecular weight is 369 g/mol. The van der Waals surface area contributed by atoms with Gasteiger partial charge in [-0.2, -0.15) is 10.4 Å². The number of rotatable bonds is 5. The van der Waals surface area contributed by atoms with Gasteiger partial charge in [-0.3, -0.25) is 5.43 Å². The van der Waals surface area contributed by atoms with Crippen molar-refractivity contribution in [3.8, 4) is 23.1 Å². The van der Waals surface area contributed by atoms with Gasteiger partial charge in [0.25, 0.3) is 0 Å². The van der Waals surface area contributed by atoms with Gasteiger partial charge in [-0.05, 0) is 36.4 Å². The topological polar surface area (TPSA) is 70.3 Å². The fraction of sp³-hybridized carbons (Fsp3) is 0.0556. The van der Waals surface area contributed by atoms with Crippen molar-refractivity contribution < 1.29 is 4.74 Å². The minimum atomic E-state index is 0.223. The summed E-state index contributed by atoms with van der Waals surface area (Å²) in [5.74, 6) is 0.752. The first-order valence-corrected chi connectivity index (χ1v) is 8.55. The van der Waals surface area contributed by atoms with E-state index >= 15 is 0 Å². The van der Waals surface area contributed by atoms with Gasteiger partial charge in [0.2, 0.25) is 0 Å². The third-order valence-electron chi connectivity index (χ3n) is 3.34. The highest BCUT2D eigenvalue weighted by Crippen LogP contribution is 2.24. The van der Waals surface area contributed by atoms with Gasteiger partial charge in [-0.25, -0.2) is 4.98 Å². The molecule has 124 valence electrons. The molecule has 0 saturated heterocycles. The maximum atomic E-state index is 9.36. The molecule has 3 aromatic rings. The Morgan fingerprint density at radius 3 is 2.56 bits per heavy atom. The lowest BCUT2D eigenvalue weighted by molar-refractivity contribution is 0.415. The molecule has 3 rings (SSSR count). The molecule has 5 nitrogen and oxygen atoms in total. The SMILES string of the molecule is COc1ccc(NN=C(C#N)c2nc(-c3ccc(Cl)cc3)cs2)cc1. The highest BCUT2D eigenvalue weighted by atomic mass is 35.5. The van der Waals surface area contributed by atoms with Crippen LogP contribution in [0.2, 0.25) is 5.02 Å². The van der Waals surface area contributed by atoms with Gasteiger partial charge in [-0.15, -0.1) is 11.3 Å². The number of nitriles is 1. The second-order valence-corrected chi connectivity index (χ2v) is 6.25. The van der Waals surface area contributed by atoms with Crippen molar-refractivity contribution in [2.75, 3.05) is 12.5 Å². The summed E-state index contributed by atoms with van der Waals surface area (Å²) in [5.41, 5.74) is 5.56. The van der Waals surface area contributed by atoms with E-state index in [1.807, 2.05) is 41.8 Å². The first-order valence-electron chi connectivity index (χ1n) is 7.29. The maximum absolute atomic E-state index is 9.36. The Labute approximate surface area is 154 Å². The van der Waals surface area contributed by atoms with Crippen LogP contribution in [0.1, 0.15) is 5.01 Å². The molecular formula is C18H13ClN4OS. The lowest BCUT2D eigenvalue weighted by atomic mass is 10.2. The van der Waals surface area contributed by atoms with Crippen LogP contribution in [0.5, 0.6) is 5.75 Å². The maximum Gasteiger partial charge on any atom is 0.196 e. The molecule has 1 aromatic heterocycles. The van der Waals surface area contributed by atoms with E-state index in [1.54, 1.807) is 19.2 Å². The number of hydrazone groups is 1. The second-order valence-electron chi connectivity index (χ2n) is 4.96. The van der Waals surface area contributed by atoms with Crippen molar-refractivity contribution in [1.29, 1.82) is 5.26 Å². The largest absolute Gasteiger partial charge is 0.497 e. The van der Waals surface area contributed by atoms with Crippen molar-refractivity contribution in [3.05, 3.63) is 63.9 Å². The quantitative estimate of drug-likeness (QED) is 0.518. The van der Waals surface area contributed by atoms with Gasteiger partial charge in [0, 0.05) is 16.0 Å². The van der Waals surface area contributed by atoms with Crippen LogP contribution in [0.3, 0.4) is 0 Å². The van der Waals surface area contributed by atoms with Gasteiger partial charge in [0.15, 0.2) is 10.7 Å². The van der Waals surface area contributed by atoms with Gasteiger partial charge in [0.1, 0.15) is 11.8 Å². The van der Waals surface area contributed by atoms with Crippen molar-refractivity contribution in [2.45, 2.75) is 0 Å². The fourth-order valence-electron chi connectivity index (χ4n) is 2.04. The number of aromatic nitrogens is 1. The summed E-state index contributed by atoms with van der Waals surface area (Å²) >= 11 is 7.26. The highest BCUT2D eigenvalue weighted by Gasteiger charge is 2.10. The average Bonchev–Trinajstić information content (AvgIpc) is 3.13. The lowest BCUT2D eigenvalue weighted by Crippen LogP contribution is -2.01. The third-order valence-corrected chi connectivity index (χ3v) is 4.44. The Balaban J connectivity index is 1.78. The summed E-state index contributed by atoms with van der Waals surface area (Å²) in [6.07, 6.45) is 0. The minimum absolute atomic E-state index is 0.223. The monoisotopic (exact) mass is 368 g/mol. The normalized spacial score (nSPS) is 11.0. The molecule has 2 aromatic carbocycles. The van der Waals surface area contributed by atoms with E-state index in [-0.39, 0.29) is 5.71 Å². The summed E-state index contributed by atoms with van der Waals surface area (Å²) < 4.78 is 5.10. The number of benzene rings is 2. The number of ether oxygens (including phenoxy) is 1. The first-order chi connectivity index (χ1) is 12.2. The smallest absolute Gasteiger partial charge is 0.196 e. The van der Waals surface area contributed by atoms with Gasteiger partial charge in [-0.1, -0.05) is 23.7 Å². The van der Waals surface area contributed by atoms with Crippen molar-refractivity contribution in [3.63, 3.8) is 0 Å². The molecule has 0 unspecified atom stereocenters. The third kappa shape index (κ3) is 4.15. The fourth-order valence-corrected chi connectivity index (χ4v) is 2.93. The van der Waals surface area contributed by atoms with E-state index in [4.69, 9.17) is 16.3 Å². The van der Waals surface area contributed by atoms with Crippen molar-refractivity contribution in [2.24, 2.45) is 5.10 Å². The van der Waals surface area contributed by atoms with Crippen LogP contribution in [-0.4, -0.2) is 17.8 Å². The molecule has 0 saturated carbocycles. The number of thiazole rings is 1. The molecule has 0 bridgehead atoms. The molecule has 0 radical (unpaired) electrons. The molecular weight excluding hydrogens is 356 g/mol. The Morgan fingerprint density at radius 2 is 1.92 bits per heavy atom. The summed E-state index contributed by atoms with van der Waals surface area (Å²) in [5, 5.41) is 16.6. The number of hydrogen-bond acceptors (Lipinski definition) is 6. The number of methoxy groups -OCH3 is 1. The zero-order chi connectivity index (χ0) is 17.6. The van der Waals surface area contributed by atoms with Crippen molar-refractivity contribution >= 4 is 34.3 Å². The Morgan fingerprint density at radius 1 is 1.20 bits per heavy atom. The van der Waals surface area contributed by atoms with Crippen LogP contribution >= 0.6 is 22.9 Å². The Bertz CT molecular complexity index is 927. The molecule has 1 heterocycles. The number of halogens is 1. The van der Waals surface area contributed by atoms with Crippen LogP contribution < -0.4 is 10.2 Å². The van der Waals surface area contributed by atoms with Gasteiger partial charge >= 0.3 is 0 Å². The molecule has 1 N–H and O–H groups in total. The second kappa shape index (κ2) is 7.79. The predicted molar refractivity (Wildman–Crippen MR) is 101 cm³/mol. The van der Waals surface area contributed by atoms with Gasteiger partial charge < -0.3 is 4.74 Å². The predicted octanol–water partition coefficient (Wildman–Crippen LogP) is 4.81. The van der Waals surface area contributed by atoms with E-state index < -0.39 is 0 Å². The standard InChI is InChI=1S/C18H13ClN4OS/c1-24-15-8-6-14(7-9-15)22-23-16(10-20)18-21-17(11-25-18)12-2-4-13(19)5-3-12/h2-9,11,22H,1H3. The summed E-state index contributed by atoms with van der Waals surface area (Å²) in [6.45, 7) is 0. The van der Waals surface area contributed by atoms with Crippen LogP contribution in [-0.2, 0) is 0 Å². The molecule has 25 heavy (non-hydrogen) atoms. The number of anilines is 1. The van der Waals surface area contributed by atoms with Crippen LogP contribution in [0.4, 0.5) is 5.69 Å². The van der Waals surface area contributed by atoms with Crippen LogP contribution in [0, 0.1) is 11.3 Å². The lowest BCUT2D eigenvalue weighted by Gasteiger charge is -2.02. The van der Waals surface area contributed by atoms with Gasteiger partial charge in [0.05, 0.1) is 18.5 Å². The molecule has 0 aliphatic carbocycles. The van der Waals surface area contributed by atoms with E-state index in [0.717, 1.165) is 22.7 Å². The number of hydrogen-bond donors (Lipinski definition) is 1. The summed E-state index contributed by atoms with van der Waals surface area (Å²) in [6, 6.07) is 16.7. The molecule has 7 heteroatoms. The minimum Gasteiger partial charge on any atom is -0.497 e. The van der Waals surface area contributed by atoms with Crippen LogP contribution in [0.15, 0.2) is 59.0 Å². The summed E-state index contributed by atoms with van der Waals surface area (Å²) in [7, 11) is 1.61. The number of nitrogens with one attached hydrogen (secondary N) is 1. The van der Waals surface area contributed by atoms with E-state index in [9.17, 15) is 5.26 Å². The van der Waals surface area contributed by atoms with E-state index in [1.165, 1.54) is 11.3 Å². The van der Waals surface area contributed by atoms with Crippen LogP contribution in [0.25, 0.3) is 11.3 Å². The molecule has 0 amide bonds. The number of nitrogens with zero attached hydrogens (tertiary/aromatic N) is 3. The van der Waals surface area contributed by atoms with E-state index in [0.29, 0.717) is 10.0 Å². The zero-order valence-electron chi connectivity index (χ0n) is 13.2. The zero-order valence-corrected chi connectivity index (χ0v) is 14.8. The molecule has 0 atom stereocenters. The molecule has 0 aliphatic heterocycles. The van der Waals surface area contributed by atoms with Crippen molar-refractivity contribution in [1.82, 2.24) is 4.98 Å². The summed E-state index contributed by atoms with van der Waals surface area (Å²) in [4.78, 5) is 4.48.